The number of nitrogens with two attached hydrogens (primary N) is 1. The van der Waals surface area contributed by atoms with Crippen molar-refractivity contribution in [1.82, 2.24) is 10.3 Å². The molecule has 3 N–H and O–H groups in total. The average molecular weight is 325 g/mol. The summed E-state index contributed by atoms with van der Waals surface area (Å²) in [4.78, 5) is 10.9. The number of unbranched alkanes of at least 4 members (excludes halogenated alkanes) is 1. The molecule has 0 amide bonds. The molecule has 0 radical (unpaired) electrons. The summed E-state index contributed by atoms with van der Waals surface area (Å²) in [7, 11) is 2.12. The van der Waals surface area contributed by atoms with Crippen molar-refractivity contribution in [2.45, 2.75) is 19.3 Å². The molecule has 24 heavy (non-hydrogen) atoms. The van der Waals surface area contributed by atoms with Crippen molar-refractivity contribution in [3.05, 3.63) is 60.4 Å². The Morgan fingerprint density at radius 1 is 1.12 bits per heavy atom. The fraction of sp³-hybridized carbons (Fsp3) is 0.368. The van der Waals surface area contributed by atoms with Gasteiger partial charge in [-0.15, -0.1) is 0 Å². The summed E-state index contributed by atoms with van der Waals surface area (Å²) in [5.74, 6) is 0.516. The number of rotatable bonds is 9. The smallest absolute Gasteiger partial charge is 0.188 e. The first-order chi connectivity index (χ1) is 11.8. The number of hydrogen-bond donors (Lipinski definition) is 2. The SMILES string of the molecule is CN(CCCCN=C(N)NCCc1ccccn1)c1ccccc1. The Labute approximate surface area is 144 Å². The minimum absolute atomic E-state index is 0.516. The van der Waals surface area contributed by atoms with E-state index in [0.29, 0.717) is 5.96 Å². The van der Waals surface area contributed by atoms with Crippen LogP contribution in [0.4, 0.5) is 5.69 Å². The normalized spacial score (nSPS) is 11.3. The van der Waals surface area contributed by atoms with Crippen LogP contribution in [0.15, 0.2) is 59.7 Å². The van der Waals surface area contributed by atoms with E-state index in [1.165, 1.54) is 5.69 Å². The predicted molar refractivity (Wildman–Crippen MR) is 101 cm³/mol. The number of pyridine rings is 1. The molecule has 0 fully saturated rings. The van der Waals surface area contributed by atoms with E-state index in [-0.39, 0.29) is 0 Å². The minimum atomic E-state index is 0.516. The van der Waals surface area contributed by atoms with E-state index in [1.807, 2.05) is 24.3 Å². The van der Waals surface area contributed by atoms with Gasteiger partial charge in [-0.3, -0.25) is 9.98 Å². The molecule has 1 aromatic heterocycles. The quantitative estimate of drug-likeness (QED) is 0.422. The number of hydrogen-bond acceptors (Lipinski definition) is 3. The number of nitrogens with one attached hydrogen (secondary N) is 1. The van der Waals surface area contributed by atoms with Gasteiger partial charge < -0.3 is 16.0 Å². The summed E-state index contributed by atoms with van der Waals surface area (Å²) in [6, 6.07) is 16.3. The molecule has 0 saturated carbocycles. The molecule has 0 spiro atoms. The molecule has 0 bridgehead atoms. The van der Waals surface area contributed by atoms with Crippen LogP contribution in [0.25, 0.3) is 0 Å². The van der Waals surface area contributed by atoms with Gasteiger partial charge in [-0.05, 0) is 37.1 Å². The zero-order valence-corrected chi connectivity index (χ0v) is 14.4. The molecule has 0 aliphatic carbocycles. The lowest BCUT2D eigenvalue weighted by molar-refractivity contribution is 0.724. The maximum Gasteiger partial charge on any atom is 0.188 e. The Hall–Kier alpha value is -2.56. The molecule has 0 aliphatic rings. The molecule has 0 aliphatic heterocycles. The molecule has 0 atom stereocenters. The number of anilines is 1. The van der Waals surface area contributed by atoms with Gasteiger partial charge in [0.15, 0.2) is 5.96 Å². The van der Waals surface area contributed by atoms with Gasteiger partial charge in [-0.1, -0.05) is 24.3 Å². The Kier molecular flexibility index (Phi) is 7.60. The van der Waals surface area contributed by atoms with Crippen LogP contribution in [0, 0.1) is 0 Å². The Morgan fingerprint density at radius 3 is 2.67 bits per heavy atom. The highest BCUT2D eigenvalue weighted by molar-refractivity contribution is 5.77. The van der Waals surface area contributed by atoms with Crippen LogP contribution in [0.5, 0.6) is 0 Å². The van der Waals surface area contributed by atoms with Crippen molar-refractivity contribution in [2.24, 2.45) is 10.7 Å². The minimum Gasteiger partial charge on any atom is -0.375 e. The van der Waals surface area contributed by atoms with Crippen molar-refractivity contribution in [2.75, 3.05) is 31.6 Å². The average Bonchev–Trinajstić information content (AvgIpc) is 2.63. The van der Waals surface area contributed by atoms with Crippen LogP contribution in [0.2, 0.25) is 0 Å². The topological polar surface area (TPSA) is 66.5 Å². The molecule has 0 saturated heterocycles. The molecule has 128 valence electrons. The van der Waals surface area contributed by atoms with E-state index >= 15 is 0 Å². The molecule has 1 heterocycles. The monoisotopic (exact) mass is 325 g/mol. The van der Waals surface area contributed by atoms with Gasteiger partial charge >= 0.3 is 0 Å². The van der Waals surface area contributed by atoms with Crippen LogP contribution in [-0.4, -0.2) is 37.6 Å². The second kappa shape index (κ2) is 10.3. The number of nitrogens with zero attached hydrogens (tertiary/aromatic N) is 3. The van der Waals surface area contributed by atoms with E-state index in [4.69, 9.17) is 5.73 Å². The summed E-state index contributed by atoms with van der Waals surface area (Å²) < 4.78 is 0. The van der Waals surface area contributed by atoms with Crippen molar-refractivity contribution in [1.29, 1.82) is 0 Å². The van der Waals surface area contributed by atoms with Crippen LogP contribution in [-0.2, 0) is 6.42 Å². The third kappa shape index (κ3) is 6.69. The standard InChI is InChI=1S/C19H27N5/c1-24(18-10-3-2-4-11-18)16-8-7-14-22-19(20)23-15-12-17-9-5-6-13-21-17/h2-6,9-11,13H,7-8,12,14-16H2,1H3,(H3,20,22,23). The highest BCUT2D eigenvalue weighted by Gasteiger charge is 1.99. The summed E-state index contributed by atoms with van der Waals surface area (Å²) in [6.45, 7) is 2.53. The third-order valence-electron chi connectivity index (χ3n) is 3.79. The fourth-order valence-corrected chi connectivity index (χ4v) is 2.39. The number of aliphatic imine (C=N–C) groups is 1. The molecular weight excluding hydrogens is 298 g/mol. The summed E-state index contributed by atoms with van der Waals surface area (Å²) in [5.41, 5.74) is 8.18. The van der Waals surface area contributed by atoms with Gasteiger partial charge in [0, 0.05) is 50.7 Å². The van der Waals surface area contributed by atoms with E-state index < -0.39 is 0 Å². The van der Waals surface area contributed by atoms with E-state index in [2.05, 4.69) is 51.5 Å². The summed E-state index contributed by atoms with van der Waals surface area (Å²) >= 11 is 0. The van der Waals surface area contributed by atoms with Gasteiger partial charge in [0.05, 0.1) is 0 Å². The summed E-state index contributed by atoms with van der Waals surface area (Å²) in [5, 5.41) is 3.13. The predicted octanol–water partition coefficient (Wildman–Crippen LogP) is 2.45. The molecular formula is C19H27N5. The lowest BCUT2D eigenvalue weighted by Gasteiger charge is -2.18. The van der Waals surface area contributed by atoms with Gasteiger partial charge in [-0.25, -0.2) is 0 Å². The maximum atomic E-state index is 5.88. The van der Waals surface area contributed by atoms with E-state index in [0.717, 1.165) is 44.6 Å². The maximum absolute atomic E-state index is 5.88. The number of guanidine groups is 1. The van der Waals surface area contributed by atoms with Gasteiger partial charge in [0.2, 0.25) is 0 Å². The van der Waals surface area contributed by atoms with Crippen molar-refractivity contribution >= 4 is 11.6 Å². The van der Waals surface area contributed by atoms with Crippen molar-refractivity contribution in [3.8, 4) is 0 Å². The van der Waals surface area contributed by atoms with Crippen LogP contribution >= 0.6 is 0 Å². The van der Waals surface area contributed by atoms with Gasteiger partial charge in [0.1, 0.15) is 0 Å². The number of benzene rings is 1. The third-order valence-corrected chi connectivity index (χ3v) is 3.79. The Morgan fingerprint density at radius 2 is 1.92 bits per heavy atom. The largest absolute Gasteiger partial charge is 0.375 e. The first-order valence-corrected chi connectivity index (χ1v) is 8.45. The molecule has 2 aromatic rings. The van der Waals surface area contributed by atoms with Gasteiger partial charge in [-0.2, -0.15) is 0 Å². The second-order valence-electron chi connectivity index (χ2n) is 5.73. The highest BCUT2D eigenvalue weighted by Crippen LogP contribution is 2.11. The summed E-state index contributed by atoms with van der Waals surface area (Å²) in [6.07, 6.45) is 4.77. The van der Waals surface area contributed by atoms with Crippen molar-refractivity contribution < 1.29 is 0 Å². The molecule has 1 aromatic carbocycles. The van der Waals surface area contributed by atoms with E-state index in [1.54, 1.807) is 6.20 Å². The highest BCUT2D eigenvalue weighted by atomic mass is 15.1. The fourth-order valence-electron chi connectivity index (χ4n) is 2.39. The molecule has 5 nitrogen and oxygen atoms in total. The van der Waals surface area contributed by atoms with Crippen LogP contribution < -0.4 is 16.0 Å². The lowest BCUT2D eigenvalue weighted by Crippen LogP contribution is -2.33. The van der Waals surface area contributed by atoms with Crippen LogP contribution in [0.1, 0.15) is 18.5 Å². The number of para-hydroxylation sites is 1. The zero-order valence-electron chi connectivity index (χ0n) is 14.4. The van der Waals surface area contributed by atoms with E-state index in [9.17, 15) is 0 Å². The van der Waals surface area contributed by atoms with Crippen molar-refractivity contribution in [3.63, 3.8) is 0 Å². The van der Waals surface area contributed by atoms with Crippen LogP contribution in [0.3, 0.4) is 0 Å². The number of aromatic nitrogens is 1. The zero-order chi connectivity index (χ0) is 17.0. The first kappa shape index (κ1) is 17.8. The molecule has 2 rings (SSSR count). The van der Waals surface area contributed by atoms with Gasteiger partial charge in [0.25, 0.3) is 0 Å². The lowest BCUT2D eigenvalue weighted by atomic mass is 10.2. The Balaban J connectivity index is 1.56. The Bertz CT molecular complexity index is 598. The molecule has 0 unspecified atom stereocenters. The second-order valence-corrected chi connectivity index (χ2v) is 5.73. The first-order valence-electron chi connectivity index (χ1n) is 8.45. The molecule has 5 heteroatoms.